The van der Waals surface area contributed by atoms with Gasteiger partial charge in [-0.25, -0.2) is 13.6 Å². The van der Waals surface area contributed by atoms with E-state index >= 15 is 0 Å². The number of nitrogens with zero attached hydrogens (tertiary/aromatic N) is 1. The molecule has 0 spiro atoms. The van der Waals surface area contributed by atoms with Gasteiger partial charge in [0.15, 0.2) is 0 Å². The first-order chi connectivity index (χ1) is 9.95. The van der Waals surface area contributed by atoms with Crippen LogP contribution in [0.5, 0.6) is 0 Å². The maximum atomic E-state index is 11.2. The lowest BCUT2D eigenvalue weighted by molar-refractivity contribution is 0.204. The van der Waals surface area contributed by atoms with Crippen LogP contribution in [-0.4, -0.2) is 39.5 Å². The highest BCUT2D eigenvalue weighted by molar-refractivity contribution is 7.89. The molecule has 118 valence electrons. The SMILES string of the molecule is CC(CNc1ccc(S(N)(=O)=O)cc1)CN1CCCCC1. The number of nitrogens with two attached hydrogens (primary N) is 1. The lowest BCUT2D eigenvalue weighted by Gasteiger charge is -2.29. The van der Waals surface area contributed by atoms with Crippen molar-refractivity contribution in [1.29, 1.82) is 0 Å². The van der Waals surface area contributed by atoms with E-state index < -0.39 is 10.0 Å². The molecule has 1 fully saturated rings. The molecule has 0 amide bonds. The van der Waals surface area contributed by atoms with E-state index in [0.29, 0.717) is 5.92 Å². The van der Waals surface area contributed by atoms with Gasteiger partial charge in [0.1, 0.15) is 0 Å². The summed E-state index contributed by atoms with van der Waals surface area (Å²) >= 11 is 0. The van der Waals surface area contributed by atoms with E-state index in [1.807, 2.05) is 0 Å². The van der Waals surface area contributed by atoms with E-state index in [1.165, 1.54) is 44.5 Å². The Hall–Kier alpha value is -1.11. The van der Waals surface area contributed by atoms with Gasteiger partial charge in [0.05, 0.1) is 4.90 Å². The van der Waals surface area contributed by atoms with Gasteiger partial charge < -0.3 is 10.2 Å². The molecule has 1 aromatic carbocycles. The van der Waals surface area contributed by atoms with Crippen molar-refractivity contribution in [3.8, 4) is 0 Å². The molecule has 1 aliphatic heterocycles. The van der Waals surface area contributed by atoms with E-state index in [-0.39, 0.29) is 4.90 Å². The first-order valence-electron chi connectivity index (χ1n) is 7.54. The van der Waals surface area contributed by atoms with Crippen LogP contribution in [0.15, 0.2) is 29.2 Å². The van der Waals surface area contributed by atoms with Crippen molar-refractivity contribution in [2.75, 3.05) is 31.5 Å². The largest absolute Gasteiger partial charge is 0.385 e. The average molecular weight is 311 g/mol. The predicted octanol–water partition coefficient (Wildman–Crippen LogP) is 1.87. The zero-order chi connectivity index (χ0) is 15.3. The number of nitrogens with one attached hydrogen (secondary N) is 1. The molecule has 6 heteroatoms. The second kappa shape index (κ2) is 7.24. The number of piperidine rings is 1. The molecule has 21 heavy (non-hydrogen) atoms. The standard InChI is InChI=1S/C15H25N3O2S/c1-13(12-18-9-3-2-4-10-18)11-17-14-5-7-15(8-6-14)21(16,19)20/h5-8,13,17H,2-4,9-12H2,1H3,(H2,16,19,20). The Morgan fingerprint density at radius 3 is 2.38 bits per heavy atom. The van der Waals surface area contributed by atoms with Gasteiger partial charge in [0.25, 0.3) is 0 Å². The van der Waals surface area contributed by atoms with Crippen molar-refractivity contribution in [2.45, 2.75) is 31.1 Å². The molecule has 1 heterocycles. The summed E-state index contributed by atoms with van der Waals surface area (Å²) in [5.74, 6) is 0.556. The summed E-state index contributed by atoms with van der Waals surface area (Å²) in [5, 5.41) is 8.43. The van der Waals surface area contributed by atoms with Gasteiger partial charge in [-0.15, -0.1) is 0 Å². The van der Waals surface area contributed by atoms with Crippen LogP contribution in [0.2, 0.25) is 0 Å². The molecular formula is C15H25N3O2S. The monoisotopic (exact) mass is 311 g/mol. The van der Waals surface area contributed by atoms with Crippen LogP contribution in [0.1, 0.15) is 26.2 Å². The van der Waals surface area contributed by atoms with Gasteiger partial charge in [0, 0.05) is 18.8 Å². The normalized spacial score (nSPS) is 18.4. The van der Waals surface area contributed by atoms with Gasteiger partial charge >= 0.3 is 0 Å². The molecule has 1 aliphatic rings. The fourth-order valence-electron chi connectivity index (χ4n) is 2.70. The summed E-state index contributed by atoms with van der Waals surface area (Å²) in [5.41, 5.74) is 0.924. The van der Waals surface area contributed by atoms with Gasteiger partial charge in [-0.3, -0.25) is 0 Å². The van der Waals surface area contributed by atoms with Crippen LogP contribution in [0, 0.1) is 5.92 Å². The Labute approximate surface area is 127 Å². The quantitative estimate of drug-likeness (QED) is 0.841. The fourth-order valence-corrected chi connectivity index (χ4v) is 3.22. The second-order valence-corrected chi connectivity index (χ2v) is 7.48. The van der Waals surface area contributed by atoms with Crippen LogP contribution < -0.4 is 10.5 Å². The molecular weight excluding hydrogens is 286 g/mol. The Morgan fingerprint density at radius 2 is 1.81 bits per heavy atom. The highest BCUT2D eigenvalue weighted by Crippen LogP contribution is 2.14. The predicted molar refractivity (Wildman–Crippen MR) is 85.8 cm³/mol. The first kappa shape index (κ1) is 16.3. The maximum Gasteiger partial charge on any atom is 0.238 e. The minimum Gasteiger partial charge on any atom is -0.385 e. The van der Waals surface area contributed by atoms with Crippen molar-refractivity contribution in [2.24, 2.45) is 11.1 Å². The number of rotatable bonds is 6. The molecule has 0 saturated carbocycles. The van der Waals surface area contributed by atoms with Gasteiger partial charge in [-0.1, -0.05) is 13.3 Å². The molecule has 1 atom stereocenters. The molecule has 0 aliphatic carbocycles. The van der Waals surface area contributed by atoms with Crippen LogP contribution in [0.25, 0.3) is 0 Å². The summed E-state index contributed by atoms with van der Waals surface area (Å²) in [7, 11) is -3.60. The topological polar surface area (TPSA) is 75.4 Å². The number of likely N-dealkylation sites (tertiary alicyclic amines) is 1. The van der Waals surface area contributed by atoms with E-state index in [2.05, 4.69) is 17.1 Å². The van der Waals surface area contributed by atoms with Crippen molar-refractivity contribution in [3.05, 3.63) is 24.3 Å². The molecule has 0 bridgehead atoms. The fraction of sp³-hybridized carbons (Fsp3) is 0.600. The molecule has 1 unspecified atom stereocenters. The zero-order valence-electron chi connectivity index (χ0n) is 12.6. The number of hydrogen-bond donors (Lipinski definition) is 2. The zero-order valence-corrected chi connectivity index (χ0v) is 13.4. The molecule has 2 rings (SSSR count). The summed E-state index contributed by atoms with van der Waals surface area (Å²) in [4.78, 5) is 2.68. The molecule has 0 radical (unpaired) electrons. The molecule has 1 aromatic rings. The van der Waals surface area contributed by atoms with E-state index in [0.717, 1.165) is 18.8 Å². The third-order valence-electron chi connectivity index (χ3n) is 3.86. The van der Waals surface area contributed by atoms with E-state index in [1.54, 1.807) is 12.1 Å². The van der Waals surface area contributed by atoms with Crippen molar-refractivity contribution in [1.82, 2.24) is 4.90 Å². The van der Waals surface area contributed by atoms with E-state index in [9.17, 15) is 8.42 Å². The Balaban J connectivity index is 1.79. The summed E-state index contributed by atoms with van der Waals surface area (Å²) in [6, 6.07) is 6.58. The Morgan fingerprint density at radius 1 is 1.19 bits per heavy atom. The van der Waals surface area contributed by atoms with Crippen LogP contribution >= 0.6 is 0 Å². The minimum atomic E-state index is -3.60. The van der Waals surface area contributed by atoms with Crippen LogP contribution in [0.3, 0.4) is 0 Å². The number of benzene rings is 1. The third-order valence-corrected chi connectivity index (χ3v) is 4.79. The molecule has 1 saturated heterocycles. The van der Waals surface area contributed by atoms with Crippen molar-refractivity contribution < 1.29 is 8.42 Å². The average Bonchev–Trinajstić information content (AvgIpc) is 2.46. The molecule has 3 N–H and O–H groups in total. The smallest absolute Gasteiger partial charge is 0.238 e. The van der Waals surface area contributed by atoms with Crippen molar-refractivity contribution >= 4 is 15.7 Å². The van der Waals surface area contributed by atoms with Gasteiger partial charge in [-0.2, -0.15) is 0 Å². The lowest BCUT2D eigenvalue weighted by Crippen LogP contribution is -2.35. The summed E-state index contributed by atoms with van der Waals surface area (Å²) in [6.45, 7) is 6.66. The summed E-state index contributed by atoms with van der Waals surface area (Å²) < 4.78 is 22.4. The third kappa shape index (κ3) is 5.30. The second-order valence-electron chi connectivity index (χ2n) is 5.92. The Kier molecular flexibility index (Phi) is 5.61. The number of anilines is 1. The molecule has 0 aromatic heterocycles. The van der Waals surface area contributed by atoms with Gasteiger partial charge in [-0.05, 0) is 56.1 Å². The highest BCUT2D eigenvalue weighted by Gasteiger charge is 2.13. The van der Waals surface area contributed by atoms with Crippen LogP contribution in [-0.2, 0) is 10.0 Å². The van der Waals surface area contributed by atoms with Crippen molar-refractivity contribution in [3.63, 3.8) is 0 Å². The van der Waals surface area contributed by atoms with Crippen LogP contribution in [0.4, 0.5) is 5.69 Å². The number of hydrogen-bond acceptors (Lipinski definition) is 4. The van der Waals surface area contributed by atoms with E-state index in [4.69, 9.17) is 5.14 Å². The highest BCUT2D eigenvalue weighted by atomic mass is 32.2. The Bertz CT molecular complexity index is 537. The lowest BCUT2D eigenvalue weighted by atomic mass is 10.1. The molecule has 5 nitrogen and oxygen atoms in total. The summed E-state index contributed by atoms with van der Waals surface area (Å²) in [6.07, 6.45) is 3.99. The van der Waals surface area contributed by atoms with Gasteiger partial charge in [0.2, 0.25) is 10.0 Å². The first-order valence-corrected chi connectivity index (χ1v) is 9.09. The number of primary sulfonamides is 1. The minimum absolute atomic E-state index is 0.148. The number of sulfonamides is 1. The maximum absolute atomic E-state index is 11.2.